The molecule has 0 radical (unpaired) electrons. The fourth-order valence-corrected chi connectivity index (χ4v) is 0.984. The summed E-state index contributed by atoms with van der Waals surface area (Å²) in [6.45, 7) is 2.42. The maximum Gasteiger partial charge on any atom is 0.256 e. The number of nitrogens with zero attached hydrogens (tertiary/aromatic N) is 1. The zero-order valence-corrected chi connectivity index (χ0v) is 7.75. The van der Waals surface area contributed by atoms with Crippen LogP contribution in [-0.4, -0.2) is 24.4 Å². The van der Waals surface area contributed by atoms with E-state index in [1.807, 2.05) is 6.92 Å². The first-order chi connectivity index (χ1) is 6.16. The van der Waals surface area contributed by atoms with E-state index < -0.39 is 5.82 Å². The third-order valence-corrected chi connectivity index (χ3v) is 1.93. The van der Waals surface area contributed by atoms with Gasteiger partial charge >= 0.3 is 0 Å². The van der Waals surface area contributed by atoms with Crippen LogP contribution in [0.5, 0.6) is 0 Å². The highest BCUT2D eigenvalue weighted by Crippen LogP contribution is 2.08. The van der Waals surface area contributed by atoms with Crippen LogP contribution in [0.2, 0.25) is 0 Å². The first-order valence-electron chi connectivity index (χ1n) is 4.16. The molecule has 0 atom stereocenters. The van der Waals surface area contributed by atoms with Gasteiger partial charge in [-0.2, -0.15) is 0 Å². The molecule has 0 aliphatic rings. The third-order valence-electron chi connectivity index (χ3n) is 1.93. The molecule has 1 rings (SSSR count). The number of benzene rings is 1. The van der Waals surface area contributed by atoms with E-state index in [1.165, 1.54) is 17.0 Å². The van der Waals surface area contributed by atoms with E-state index >= 15 is 0 Å². The molecule has 0 fully saturated rings. The number of rotatable bonds is 2. The van der Waals surface area contributed by atoms with Gasteiger partial charge in [-0.3, -0.25) is 4.79 Å². The Labute approximate surface area is 77.0 Å². The minimum absolute atomic E-state index is 0.131. The van der Waals surface area contributed by atoms with Crippen molar-refractivity contribution in [3.8, 4) is 0 Å². The summed E-state index contributed by atoms with van der Waals surface area (Å²) in [7, 11) is 1.65. The van der Waals surface area contributed by atoms with E-state index in [2.05, 4.69) is 0 Å². The zero-order chi connectivity index (χ0) is 9.84. The summed E-state index contributed by atoms with van der Waals surface area (Å²) in [5.41, 5.74) is 0.131. The summed E-state index contributed by atoms with van der Waals surface area (Å²) in [4.78, 5) is 13.0. The largest absolute Gasteiger partial charge is 0.342 e. The van der Waals surface area contributed by atoms with Gasteiger partial charge in [-0.05, 0) is 19.1 Å². The zero-order valence-electron chi connectivity index (χ0n) is 7.75. The van der Waals surface area contributed by atoms with Crippen LogP contribution < -0.4 is 0 Å². The molecular weight excluding hydrogens is 169 g/mol. The van der Waals surface area contributed by atoms with Crippen molar-refractivity contribution in [1.29, 1.82) is 0 Å². The van der Waals surface area contributed by atoms with Crippen LogP contribution in [0.3, 0.4) is 0 Å². The molecule has 0 aliphatic carbocycles. The molecule has 1 aromatic rings. The van der Waals surface area contributed by atoms with E-state index in [0.29, 0.717) is 6.54 Å². The third kappa shape index (κ3) is 2.05. The van der Waals surface area contributed by atoms with Crippen molar-refractivity contribution < 1.29 is 9.18 Å². The second-order valence-corrected chi connectivity index (χ2v) is 2.80. The standard InChI is InChI=1S/C10H12FNO/c1-3-12(2)10(13)8-6-4-5-7-9(8)11/h4-7H,3H2,1-2H3. The Kier molecular flexibility index (Phi) is 3.01. The normalized spacial score (nSPS) is 9.77. The lowest BCUT2D eigenvalue weighted by molar-refractivity contribution is 0.0798. The van der Waals surface area contributed by atoms with Crippen molar-refractivity contribution in [2.45, 2.75) is 6.92 Å². The predicted molar refractivity (Wildman–Crippen MR) is 49.0 cm³/mol. The summed E-state index contributed by atoms with van der Waals surface area (Å²) in [5.74, 6) is -0.742. The first kappa shape index (κ1) is 9.71. The molecule has 0 bridgehead atoms. The van der Waals surface area contributed by atoms with Gasteiger partial charge in [-0.25, -0.2) is 4.39 Å². The topological polar surface area (TPSA) is 20.3 Å². The molecule has 0 N–H and O–H groups in total. The van der Waals surface area contributed by atoms with Gasteiger partial charge in [0.25, 0.3) is 5.91 Å². The van der Waals surface area contributed by atoms with Gasteiger partial charge in [0.1, 0.15) is 5.82 Å². The maximum absolute atomic E-state index is 13.1. The fourth-order valence-electron chi connectivity index (χ4n) is 0.984. The Balaban J connectivity index is 2.95. The minimum Gasteiger partial charge on any atom is -0.342 e. The van der Waals surface area contributed by atoms with Crippen LogP contribution in [-0.2, 0) is 0 Å². The Morgan fingerprint density at radius 3 is 2.62 bits per heavy atom. The van der Waals surface area contributed by atoms with Gasteiger partial charge in [0.05, 0.1) is 5.56 Å². The molecule has 70 valence electrons. The Bertz CT molecular complexity index is 312. The number of hydrogen-bond acceptors (Lipinski definition) is 1. The molecule has 2 nitrogen and oxygen atoms in total. The molecule has 1 aromatic carbocycles. The van der Waals surface area contributed by atoms with Crippen molar-refractivity contribution in [2.75, 3.05) is 13.6 Å². The number of hydrogen-bond donors (Lipinski definition) is 0. The fraction of sp³-hybridized carbons (Fsp3) is 0.300. The quantitative estimate of drug-likeness (QED) is 0.682. The Morgan fingerprint density at radius 1 is 1.46 bits per heavy atom. The number of carbonyl (C=O) groups is 1. The van der Waals surface area contributed by atoms with Crippen molar-refractivity contribution in [3.63, 3.8) is 0 Å². The summed E-state index contributed by atoms with van der Waals surface area (Å²) in [6.07, 6.45) is 0. The molecule has 0 saturated carbocycles. The van der Waals surface area contributed by atoms with Crippen LogP contribution in [0.25, 0.3) is 0 Å². The monoisotopic (exact) mass is 181 g/mol. The molecule has 1 amide bonds. The van der Waals surface area contributed by atoms with E-state index in [-0.39, 0.29) is 11.5 Å². The minimum atomic E-state index is -0.465. The summed E-state index contributed by atoms with van der Waals surface area (Å²) >= 11 is 0. The van der Waals surface area contributed by atoms with E-state index in [1.54, 1.807) is 19.2 Å². The molecule has 0 aromatic heterocycles. The smallest absolute Gasteiger partial charge is 0.256 e. The highest BCUT2D eigenvalue weighted by atomic mass is 19.1. The van der Waals surface area contributed by atoms with Crippen LogP contribution >= 0.6 is 0 Å². The average molecular weight is 181 g/mol. The molecule has 0 spiro atoms. The number of halogens is 1. The average Bonchev–Trinajstić information content (AvgIpc) is 2.16. The molecule has 0 unspecified atom stereocenters. The first-order valence-corrected chi connectivity index (χ1v) is 4.16. The van der Waals surface area contributed by atoms with Crippen molar-refractivity contribution in [1.82, 2.24) is 4.90 Å². The summed E-state index contributed by atoms with van der Waals surface area (Å²) in [5, 5.41) is 0. The van der Waals surface area contributed by atoms with Gasteiger partial charge < -0.3 is 4.90 Å². The van der Waals surface area contributed by atoms with Crippen LogP contribution in [0.4, 0.5) is 4.39 Å². The summed E-state index contributed by atoms with van der Waals surface area (Å²) in [6, 6.07) is 6.00. The number of amides is 1. The molecule has 13 heavy (non-hydrogen) atoms. The Morgan fingerprint density at radius 2 is 2.08 bits per heavy atom. The second kappa shape index (κ2) is 4.03. The molecule has 0 heterocycles. The Hall–Kier alpha value is -1.38. The lowest BCUT2D eigenvalue weighted by Crippen LogP contribution is -2.26. The SMILES string of the molecule is CCN(C)C(=O)c1ccccc1F. The van der Waals surface area contributed by atoms with Crippen LogP contribution in [0.1, 0.15) is 17.3 Å². The van der Waals surface area contributed by atoms with Gasteiger partial charge in [0.2, 0.25) is 0 Å². The van der Waals surface area contributed by atoms with Crippen molar-refractivity contribution in [2.24, 2.45) is 0 Å². The number of carbonyl (C=O) groups excluding carboxylic acids is 1. The van der Waals surface area contributed by atoms with E-state index in [4.69, 9.17) is 0 Å². The maximum atomic E-state index is 13.1. The predicted octanol–water partition coefficient (Wildman–Crippen LogP) is 1.92. The van der Waals surface area contributed by atoms with Gasteiger partial charge in [-0.15, -0.1) is 0 Å². The van der Waals surface area contributed by atoms with Gasteiger partial charge in [0, 0.05) is 13.6 Å². The molecule has 0 saturated heterocycles. The van der Waals surface area contributed by atoms with Gasteiger partial charge in [-0.1, -0.05) is 12.1 Å². The van der Waals surface area contributed by atoms with E-state index in [0.717, 1.165) is 0 Å². The highest BCUT2D eigenvalue weighted by molar-refractivity contribution is 5.94. The lowest BCUT2D eigenvalue weighted by atomic mass is 10.2. The lowest BCUT2D eigenvalue weighted by Gasteiger charge is -2.14. The molecule has 0 aliphatic heterocycles. The van der Waals surface area contributed by atoms with Gasteiger partial charge in [0.15, 0.2) is 0 Å². The van der Waals surface area contributed by atoms with Crippen LogP contribution in [0, 0.1) is 5.82 Å². The molecular formula is C10H12FNO. The molecule has 3 heteroatoms. The summed E-state index contributed by atoms with van der Waals surface area (Å²) < 4.78 is 13.1. The highest BCUT2D eigenvalue weighted by Gasteiger charge is 2.13. The van der Waals surface area contributed by atoms with Crippen molar-refractivity contribution in [3.05, 3.63) is 35.6 Å². The van der Waals surface area contributed by atoms with Crippen molar-refractivity contribution >= 4 is 5.91 Å². The van der Waals surface area contributed by atoms with E-state index in [9.17, 15) is 9.18 Å². The van der Waals surface area contributed by atoms with Crippen LogP contribution in [0.15, 0.2) is 24.3 Å². The second-order valence-electron chi connectivity index (χ2n) is 2.80.